The summed E-state index contributed by atoms with van der Waals surface area (Å²) in [6, 6.07) is 7.91. The van der Waals surface area contributed by atoms with Gasteiger partial charge in [0.15, 0.2) is 13.2 Å². The largest absolute Gasteiger partial charge is 0.409 e. The molecular weight excluding hydrogens is 324 g/mol. The summed E-state index contributed by atoms with van der Waals surface area (Å²) in [4.78, 5) is 13.3. The number of quaternary nitrogens is 1. The highest BCUT2D eigenvalue weighted by atomic mass is 32.1. The predicted octanol–water partition coefficient (Wildman–Crippen LogP) is 1.57. The van der Waals surface area contributed by atoms with Gasteiger partial charge in [-0.15, -0.1) is 5.10 Å². The Balaban J connectivity index is 2.04. The van der Waals surface area contributed by atoms with Gasteiger partial charge >= 0.3 is 0 Å². The molecule has 1 unspecified atom stereocenters. The number of aromatic nitrogens is 2. The van der Waals surface area contributed by atoms with Crippen molar-refractivity contribution in [3.05, 3.63) is 34.7 Å². The van der Waals surface area contributed by atoms with E-state index in [1.807, 2.05) is 59.0 Å². The van der Waals surface area contributed by atoms with E-state index < -0.39 is 0 Å². The summed E-state index contributed by atoms with van der Waals surface area (Å²) < 4.78 is 7.20. The van der Waals surface area contributed by atoms with Crippen molar-refractivity contribution in [2.24, 2.45) is 0 Å². The SMILES string of the molecule is Cc1ccc(-c2nn(C[NH+](C)CC(=O)NC(C)(C)C)c(=S)o2)cc1. The fourth-order valence-electron chi connectivity index (χ4n) is 2.27. The van der Waals surface area contributed by atoms with Gasteiger partial charge in [-0.05, 0) is 52.0 Å². The molecule has 1 amide bonds. The maximum absolute atomic E-state index is 12.0. The molecule has 0 spiro atoms. The van der Waals surface area contributed by atoms with Crippen molar-refractivity contribution < 1.29 is 14.1 Å². The van der Waals surface area contributed by atoms with Crippen molar-refractivity contribution in [1.82, 2.24) is 15.1 Å². The van der Waals surface area contributed by atoms with Crippen LogP contribution in [0.5, 0.6) is 0 Å². The number of carbonyl (C=O) groups is 1. The van der Waals surface area contributed by atoms with Crippen LogP contribution in [0.25, 0.3) is 11.5 Å². The zero-order chi connectivity index (χ0) is 17.9. The quantitative estimate of drug-likeness (QED) is 0.804. The van der Waals surface area contributed by atoms with E-state index in [-0.39, 0.29) is 11.4 Å². The lowest BCUT2D eigenvalue weighted by atomic mass is 10.1. The fraction of sp³-hybridized carbons (Fsp3) is 0.471. The van der Waals surface area contributed by atoms with Gasteiger partial charge in [0.05, 0.1) is 7.05 Å². The Hall–Kier alpha value is -1.99. The fourth-order valence-corrected chi connectivity index (χ4v) is 2.45. The van der Waals surface area contributed by atoms with Crippen molar-refractivity contribution in [3.63, 3.8) is 0 Å². The molecule has 0 saturated heterocycles. The highest BCUT2D eigenvalue weighted by Gasteiger charge is 2.18. The normalized spacial score (nSPS) is 12.9. The van der Waals surface area contributed by atoms with Gasteiger partial charge in [-0.1, -0.05) is 17.7 Å². The number of rotatable bonds is 5. The molecule has 0 bridgehead atoms. The van der Waals surface area contributed by atoms with Crippen LogP contribution in [0.15, 0.2) is 28.7 Å². The molecule has 0 fully saturated rings. The van der Waals surface area contributed by atoms with Crippen LogP contribution in [0.2, 0.25) is 0 Å². The molecule has 6 nitrogen and oxygen atoms in total. The third-order valence-electron chi connectivity index (χ3n) is 3.30. The lowest BCUT2D eigenvalue weighted by Gasteiger charge is -2.21. The third kappa shape index (κ3) is 5.28. The van der Waals surface area contributed by atoms with Gasteiger partial charge in [0, 0.05) is 11.1 Å². The van der Waals surface area contributed by atoms with Crippen LogP contribution in [0.4, 0.5) is 0 Å². The Bertz CT molecular complexity index is 756. The van der Waals surface area contributed by atoms with Crippen LogP contribution in [0, 0.1) is 11.8 Å². The average Bonchev–Trinajstić information content (AvgIpc) is 2.78. The zero-order valence-corrected chi connectivity index (χ0v) is 15.7. The molecule has 2 aromatic rings. The summed E-state index contributed by atoms with van der Waals surface area (Å²) in [6.45, 7) is 8.71. The number of hydrogen-bond donors (Lipinski definition) is 2. The van der Waals surface area contributed by atoms with Gasteiger partial charge in [-0.25, -0.2) is 0 Å². The van der Waals surface area contributed by atoms with Crippen LogP contribution in [0.1, 0.15) is 26.3 Å². The van der Waals surface area contributed by atoms with Crippen LogP contribution in [-0.4, -0.2) is 34.8 Å². The highest BCUT2D eigenvalue weighted by Crippen LogP contribution is 2.17. The van der Waals surface area contributed by atoms with Crippen molar-refractivity contribution in [2.45, 2.75) is 39.9 Å². The average molecular weight is 349 g/mol. The molecule has 24 heavy (non-hydrogen) atoms. The second-order valence-corrected chi connectivity index (χ2v) is 7.48. The van der Waals surface area contributed by atoms with Crippen LogP contribution in [0.3, 0.4) is 0 Å². The van der Waals surface area contributed by atoms with Gasteiger partial charge in [0.1, 0.15) is 0 Å². The van der Waals surface area contributed by atoms with Crippen molar-refractivity contribution >= 4 is 18.1 Å². The van der Waals surface area contributed by atoms with Gasteiger partial charge in [-0.3, -0.25) is 4.79 Å². The van der Waals surface area contributed by atoms with Gasteiger partial charge < -0.3 is 14.6 Å². The summed E-state index contributed by atoms with van der Waals surface area (Å²) in [5.74, 6) is 0.487. The van der Waals surface area contributed by atoms with Crippen molar-refractivity contribution in [1.29, 1.82) is 0 Å². The van der Waals surface area contributed by atoms with E-state index in [0.717, 1.165) is 10.5 Å². The van der Waals surface area contributed by atoms with Gasteiger partial charge in [0.2, 0.25) is 5.89 Å². The monoisotopic (exact) mass is 349 g/mol. The molecule has 1 aromatic heterocycles. The molecule has 1 atom stereocenters. The molecule has 2 rings (SSSR count). The van der Waals surface area contributed by atoms with E-state index in [1.54, 1.807) is 4.68 Å². The van der Waals surface area contributed by atoms with Crippen LogP contribution in [-0.2, 0) is 11.5 Å². The molecule has 0 aliphatic heterocycles. The van der Waals surface area contributed by atoms with Crippen molar-refractivity contribution in [2.75, 3.05) is 13.6 Å². The first-order chi connectivity index (χ1) is 11.1. The maximum Gasteiger partial charge on any atom is 0.292 e. The highest BCUT2D eigenvalue weighted by molar-refractivity contribution is 7.71. The summed E-state index contributed by atoms with van der Waals surface area (Å²) in [7, 11) is 1.92. The standard InChI is InChI=1S/C17H24N4O2S/c1-12-6-8-13(9-7-12)15-19-21(16(24)23-15)11-20(5)10-14(22)18-17(2,3)4/h6-9H,10-11H2,1-5H3,(H,18,22)/p+1. The number of nitrogens with zero attached hydrogens (tertiary/aromatic N) is 2. The van der Waals surface area contributed by atoms with E-state index in [4.69, 9.17) is 16.6 Å². The summed E-state index contributed by atoms with van der Waals surface area (Å²) in [6.07, 6.45) is 0. The minimum absolute atomic E-state index is 0.00577. The number of amides is 1. The number of likely N-dealkylation sites (N-methyl/N-ethyl adjacent to an activating group) is 1. The molecule has 130 valence electrons. The lowest BCUT2D eigenvalue weighted by Crippen LogP contribution is -3.09. The van der Waals surface area contributed by atoms with E-state index >= 15 is 0 Å². The molecule has 0 saturated carbocycles. The number of aryl methyl sites for hydroxylation is 1. The first-order valence-electron chi connectivity index (χ1n) is 7.91. The molecular formula is C17H25N4O2S+. The van der Waals surface area contributed by atoms with Crippen molar-refractivity contribution in [3.8, 4) is 11.5 Å². The maximum atomic E-state index is 12.0. The molecule has 1 heterocycles. The van der Waals surface area contributed by atoms with Crippen LogP contribution < -0.4 is 10.2 Å². The summed E-state index contributed by atoms with van der Waals surface area (Å²) in [5, 5.41) is 7.37. The molecule has 2 N–H and O–H groups in total. The first kappa shape index (κ1) is 18.4. The molecule has 7 heteroatoms. The number of hydrogen-bond acceptors (Lipinski definition) is 4. The second kappa shape index (κ2) is 7.27. The zero-order valence-electron chi connectivity index (χ0n) is 14.8. The Morgan fingerprint density at radius 3 is 2.54 bits per heavy atom. The summed E-state index contributed by atoms with van der Waals surface area (Å²) in [5.41, 5.74) is 1.82. The first-order valence-corrected chi connectivity index (χ1v) is 8.32. The van der Waals surface area contributed by atoms with E-state index in [1.165, 1.54) is 5.56 Å². The smallest absolute Gasteiger partial charge is 0.292 e. The Kier molecular flexibility index (Phi) is 5.56. The van der Waals surface area contributed by atoms with Crippen LogP contribution >= 0.6 is 12.2 Å². The molecule has 0 aliphatic carbocycles. The molecule has 0 aliphatic rings. The van der Waals surface area contributed by atoms with Gasteiger partial charge in [-0.2, -0.15) is 4.68 Å². The van der Waals surface area contributed by atoms with E-state index in [0.29, 0.717) is 23.9 Å². The number of carbonyl (C=O) groups excluding carboxylic acids is 1. The van der Waals surface area contributed by atoms with E-state index in [9.17, 15) is 4.79 Å². The summed E-state index contributed by atoms with van der Waals surface area (Å²) >= 11 is 5.24. The number of benzene rings is 1. The lowest BCUT2D eigenvalue weighted by molar-refractivity contribution is -0.895. The Labute approximate surface area is 147 Å². The minimum atomic E-state index is -0.236. The topological polar surface area (TPSA) is 64.5 Å². The third-order valence-corrected chi connectivity index (χ3v) is 3.60. The Morgan fingerprint density at radius 2 is 1.96 bits per heavy atom. The minimum Gasteiger partial charge on any atom is -0.409 e. The Morgan fingerprint density at radius 1 is 1.33 bits per heavy atom. The molecule has 0 radical (unpaired) electrons. The molecule has 1 aromatic carbocycles. The second-order valence-electron chi connectivity index (χ2n) is 7.13. The predicted molar refractivity (Wildman–Crippen MR) is 95.1 cm³/mol. The van der Waals surface area contributed by atoms with E-state index in [2.05, 4.69) is 10.4 Å². The van der Waals surface area contributed by atoms with Gasteiger partial charge in [0.25, 0.3) is 10.7 Å². The number of nitrogens with one attached hydrogen (secondary N) is 2.